The number of hydrogen-bond acceptors (Lipinski definition) is 2. The van der Waals surface area contributed by atoms with Gasteiger partial charge in [0.2, 0.25) is 0 Å². The van der Waals surface area contributed by atoms with E-state index in [1.54, 1.807) is 0 Å². The van der Waals surface area contributed by atoms with Crippen LogP contribution in [0.1, 0.15) is 58.8 Å². The van der Waals surface area contributed by atoms with Gasteiger partial charge in [0, 0.05) is 0 Å². The summed E-state index contributed by atoms with van der Waals surface area (Å²) in [5.41, 5.74) is 0. The van der Waals surface area contributed by atoms with Crippen LogP contribution in [-0.2, 0) is 9.47 Å². The van der Waals surface area contributed by atoms with E-state index < -0.39 is 0 Å². The van der Waals surface area contributed by atoms with E-state index in [-0.39, 0.29) is 6.10 Å². The minimum absolute atomic E-state index is 0.281. The van der Waals surface area contributed by atoms with Gasteiger partial charge in [0.1, 0.15) is 6.79 Å². The molecular weight excluding hydrogens is 176 g/mol. The van der Waals surface area contributed by atoms with E-state index in [0.717, 1.165) is 0 Å². The van der Waals surface area contributed by atoms with Crippen molar-refractivity contribution in [1.82, 2.24) is 0 Å². The van der Waals surface area contributed by atoms with Crippen LogP contribution in [-0.4, -0.2) is 19.0 Å². The molecule has 0 aromatic heterocycles. The third kappa shape index (κ3) is 5.61. The zero-order chi connectivity index (χ0) is 10.2. The SMILES string of the molecule is CC(C)OCOC1CCCCCCC1. The largest absolute Gasteiger partial charge is 0.353 e. The van der Waals surface area contributed by atoms with E-state index in [1.807, 2.05) is 13.8 Å². The Bertz CT molecular complexity index is 126. The molecule has 0 radical (unpaired) electrons. The summed E-state index contributed by atoms with van der Waals surface area (Å²) in [6.07, 6.45) is 10.0. The maximum atomic E-state index is 5.71. The quantitative estimate of drug-likeness (QED) is 0.647. The van der Waals surface area contributed by atoms with Gasteiger partial charge < -0.3 is 9.47 Å². The van der Waals surface area contributed by atoms with Crippen LogP contribution in [0.2, 0.25) is 0 Å². The first-order valence-corrected chi connectivity index (χ1v) is 6.02. The molecule has 1 aliphatic carbocycles. The summed E-state index contributed by atoms with van der Waals surface area (Å²) in [4.78, 5) is 0. The zero-order valence-corrected chi connectivity index (χ0v) is 9.63. The van der Waals surface area contributed by atoms with Crippen LogP contribution in [0, 0.1) is 0 Å². The van der Waals surface area contributed by atoms with Gasteiger partial charge >= 0.3 is 0 Å². The van der Waals surface area contributed by atoms with Crippen LogP contribution in [0.4, 0.5) is 0 Å². The second-order valence-corrected chi connectivity index (χ2v) is 4.47. The molecule has 0 aromatic rings. The highest BCUT2D eigenvalue weighted by atomic mass is 16.7. The molecule has 0 N–H and O–H groups in total. The van der Waals surface area contributed by atoms with Crippen LogP contribution in [0.5, 0.6) is 0 Å². The van der Waals surface area contributed by atoms with E-state index in [2.05, 4.69) is 0 Å². The van der Waals surface area contributed by atoms with E-state index in [0.29, 0.717) is 12.9 Å². The van der Waals surface area contributed by atoms with E-state index in [1.165, 1.54) is 44.9 Å². The number of rotatable bonds is 4. The minimum Gasteiger partial charge on any atom is -0.353 e. The van der Waals surface area contributed by atoms with Crippen LogP contribution >= 0.6 is 0 Å². The highest BCUT2D eigenvalue weighted by molar-refractivity contribution is 4.62. The Hall–Kier alpha value is -0.0800. The van der Waals surface area contributed by atoms with Crippen molar-refractivity contribution in [1.29, 1.82) is 0 Å². The molecule has 84 valence electrons. The van der Waals surface area contributed by atoms with Crippen LogP contribution in [0.25, 0.3) is 0 Å². The topological polar surface area (TPSA) is 18.5 Å². The molecule has 1 fully saturated rings. The molecule has 0 bridgehead atoms. The monoisotopic (exact) mass is 200 g/mol. The first kappa shape index (κ1) is 12.0. The number of ether oxygens (including phenoxy) is 2. The zero-order valence-electron chi connectivity index (χ0n) is 9.63. The molecule has 0 aliphatic heterocycles. The van der Waals surface area contributed by atoms with Crippen molar-refractivity contribution in [3.05, 3.63) is 0 Å². The molecule has 14 heavy (non-hydrogen) atoms. The van der Waals surface area contributed by atoms with Crippen molar-refractivity contribution in [2.75, 3.05) is 6.79 Å². The Morgan fingerprint density at radius 2 is 1.57 bits per heavy atom. The fraction of sp³-hybridized carbons (Fsp3) is 1.00. The van der Waals surface area contributed by atoms with E-state index >= 15 is 0 Å². The lowest BCUT2D eigenvalue weighted by Gasteiger charge is -2.20. The molecule has 0 saturated heterocycles. The summed E-state index contributed by atoms with van der Waals surface area (Å²) >= 11 is 0. The van der Waals surface area contributed by atoms with Crippen molar-refractivity contribution < 1.29 is 9.47 Å². The van der Waals surface area contributed by atoms with Crippen LogP contribution in [0.3, 0.4) is 0 Å². The third-order valence-electron chi connectivity index (χ3n) is 2.76. The highest BCUT2D eigenvalue weighted by Crippen LogP contribution is 2.19. The standard InChI is InChI=1S/C12H24O2/c1-11(2)13-10-14-12-8-6-4-3-5-7-9-12/h11-12H,3-10H2,1-2H3. The maximum Gasteiger partial charge on any atom is 0.147 e. The Morgan fingerprint density at radius 1 is 1.00 bits per heavy atom. The molecule has 0 atom stereocenters. The Kier molecular flexibility index (Phi) is 6.20. The van der Waals surface area contributed by atoms with Gasteiger partial charge in [-0.15, -0.1) is 0 Å². The van der Waals surface area contributed by atoms with Crippen molar-refractivity contribution in [2.24, 2.45) is 0 Å². The third-order valence-corrected chi connectivity index (χ3v) is 2.76. The first-order valence-electron chi connectivity index (χ1n) is 6.02. The Morgan fingerprint density at radius 3 is 2.14 bits per heavy atom. The minimum atomic E-state index is 0.281. The van der Waals surface area contributed by atoms with Crippen LogP contribution < -0.4 is 0 Å². The average Bonchev–Trinajstić information content (AvgIpc) is 2.07. The summed E-state index contributed by atoms with van der Waals surface area (Å²) in [5.74, 6) is 0. The van der Waals surface area contributed by atoms with Gasteiger partial charge in [0.25, 0.3) is 0 Å². The van der Waals surface area contributed by atoms with Gasteiger partial charge in [-0.1, -0.05) is 32.1 Å². The van der Waals surface area contributed by atoms with Gasteiger partial charge in [-0.05, 0) is 26.7 Å². The highest BCUT2D eigenvalue weighted by Gasteiger charge is 2.11. The molecule has 1 rings (SSSR count). The predicted molar refractivity (Wildman–Crippen MR) is 58.3 cm³/mol. The van der Waals surface area contributed by atoms with Crippen molar-refractivity contribution in [2.45, 2.75) is 71.0 Å². The fourth-order valence-electron chi connectivity index (χ4n) is 1.86. The van der Waals surface area contributed by atoms with Crippen LogP contribution in [0.15, 0.2) is 0 Å². The smallest absolute Gasteiger partial charge is 0.147 e. The number of hydrogen-bond donors (Lipinski definition) is 0. The molecule has 0 spiro atoms. The molecule has 0 aromatic carbocycles. The van der Waals surface area contributed by atoms with Gasteiger partial charge in [0.15, 0.2) is 0 Å². The molecule has 1 saturated carbocycles. The summed E-state index contributed by atoms with van der Waals surface area (Å²) in [6, 6.07) is 0. The Balaban J connectivity index is 2.08. The van der Waals surface area contributed by atoms with Crippen molar-refractivity contribution >= 4 is 0 Å². The second-order valence-electron chi connectivity index (χ2n) is 4.47. The summed E-state index contributed by atoms with van der Waals surface area (Å²) in [5, 5.41) is 0. The lowest BCUT2D eigenvalue weighted by molar-refractivity contribution is -0.114. The fourth-order valence-corrected chi connectivity index (χ4v) is 1.86. The van der Waals surface area contributed by atoms with Gasteiger partial charge in [0.05, 0.1) is 12.2 Å². The predicted octanol–water partition coefficient (Wildman–Crippen LogP) is 3.50. The molecular formula is C12H24O2. The van der Waals surface area contributed by atoms with E-state index in [9.17, 15) is 0 Å². The lowest BCUT2D eigenvalue weighted by atomic mass is 9.99. The van der Waals surface area contributed by atoms with Crippen molar-refractivity contribution in [3.63, 3.8) is 0 Å². The molecule has 1 aliphatic rings. The lowest BCUT2D eigenvalue weighted by Crippen LogP contribution is -2.18. The Labute approximate surface area is 88.0 Å². The first-order chi connectivity index (χ1) is 6.79. The molecule has 0 amide bonds. The molecule has 2 nitrogen and oxygen atoms in total. The summed E-state index contributed by atoms with van der Waals surface area (Å²) in [7, 11) is 0. The van der Waals surface area contributed by atoms with Gasteiger partial charge in [-0.2, -0.15) is 0 Å². The average molecular weight is 200 g/mol. The summed E-state index contributed by atoms with van der Waals surface area (Å²) < 4.78 is 11.1. The van der Waals surface area contributed by atoms with E-state index in [4.69, 9.17) is 9.47 Å². The van der Waals surface area contributed by atoms with Gasteiger partial charge in [-0.25, -0.2) is 0 Å². The molecule has 2 heteroatoms. The molecule has 0 heterocycles. The molecule has 0 unspecified atom stereocenters. The normalized spacial score (nSPS) is 20.8. The summed E-state index contributed by atoms with van der Waals surface area (Å²) in [6.45, 7) is 4.56. The maximum absolute atomic E-state index is 5.71. The second kappa shape index (κ2) is 7.24. The van der Waals surface area contributed by atoms with Gasteiger partial charge in [-0.3, -0.25) is 0 Å². The van der Waals surface area contributed by atoms with Crippen molar-refractivity contribution in [3.8, 4) is 0 Å².